The van der Waals surface area contributed by atoms with E-state index in [0.29, 0.717) is 18.7 Å². The number of benzene rings is 1. The molecule has 0 saturated carbocycles. The third-order valence-corrected chi connectivity index (χ3v) is 5.47. The molecule has 2 fully saturated rings. The molecule has 11 heteroatoms. The second kappa shape index (κ2) is 10.3. The number of hydrogen-bond acceptors (Lipinski definition) is 8. The lowest BCUT2D eigenvalue weighted by Gasteiger charge is -2.14. The maximum atomic E-state index is 12.6. The number of rotatable bonds is 9. The van der Waals surface area contributed by atoms with Crippen molar-refractivity contribution in [2.24, 2.45) is 0 Å². The number of thioether (sulfide) groups is 1. The average molecular weight is 450 g/mol. The van der Waals surface area contributed by atoms with E-state index < -0.39 is 29.6 Å². The van der Waals surface area contributed by atoms with Crippen LogP contribution in [0.3, 0.4) is 0 Å². The molecule has 2 aliphatic heterocycles. The molecule has 0 unspecified atom stereocenters. The van der Waals surface area contributed by atoms with E-state index in [0.717, 1.165) is 29.5 Å². The Balaban J connectivity index is 1.63. The Morgan fingerprint density at radius 2 is 2.16 bits per heavy atom. The van der Waals surface area contributed by atoms with Crippen LogP contribution in [0.2, 0.25) is 0 Å². The Hall–Kier alpha value is -3.05. The number of nitrogens with one attached hydrogen (secondary N) is 1. The number of nitrogens with zero attached hydrogens (tertiary/aromatic N) is 1. The van der Waals surface area contributed by atoms with Crippen molar-refractivity contribution >= 4 is 40.9 Å². The minimum Gasteiger partial charge on any atom is -0.493 e. The van der Waals surface area contributed by atoms with Crippen molar-refractivity contribution in [2.75, 3.05) is 33.4 Å². The van der Waals surface area contributed by atoms with Crippen LogP contribution in [-0.2, 0) is 19.1 Å². The molecule has 10 nitrogen and oxygen atoms in total. The van der Waals surface area contributed by atoms with Gasteiger partial charge in [-0.25, -0.2) is 4.79 Å². The first-order valence-electron chi connectivity index (χ1n) is 9.53. The number of carboxylic acid groups (broad SMARTS) is 1. The molecular weight excluding hydrogens is 428 g/mol. The van der Waals surface area contributed by atoms with Gasteiger partial charge in [-0.05, 0) is 48.4 Å². The summed E-state index contributed by atoms with van der Waals surface area (Å²) in [5.41, 5.74) is 0.549. The van der Waals surface area contributed by atoms with Crippen molar-refractivity contribution in [1.29, 1.82) is 0 Å². The average Bonchev–Trinajstić information content (AvgIpc) is 3.35. The van der Waals surface area contributed by atoms with Gasteiger partial charge in [-0.3, -0.25) is 19.3 Å². The first kappa shape index (κ1) is 22.6. The molecule has 3 amide bonds. The lowest BCUT2D eigenvalue weighted by Crippen LogP contribution is -2.41. The monoisotopic (exact) mass is 450 g/mol. The highest BCUT2D eigenvalue weighted by Crippen LogP contribution is 2.34. The number of amides is 3. The van der Waals surface area contributed by atoms with Gasteiger partial charge >= 0.3 is 5.97 Å². The Labute approximate surface area is 182 Å². The molecule has 1 aromatic carbocycles. The summed E-state index contributed by atoms with van der Waals surface area (Å²) in [6.07, 6.45) is 3.29. The summed E-state index contributed by atoms with van der Waals surface area (Å²) < 4.78 is 15.8. The van der Waals surface area contributed by atoms with Crippen LogP contribution in [0.1, 0.15) is 18.4 Å². The van der Waals surface area contributed by atoms with Gasteiger partial charge in [-0.2, -0.15) is 0 Å². The van der Waals surface area contributed by atoms with Gasteiger partial charge in [-0.1, -0.05) is 6.07 Å². The number of carboxylic acids is 1. The molecule has 2 saturated heterocycles. The highest BCUT2D eigenvalue weighted by Gasteiger charge is 2.36. The molecule has 0 aliphatic carbocycles. The molecule has 0 radical (unpaired) electrons. The van der Waals surface area contributed by atoms with Crippen molar-refractivity contribution < 1.29 is 38.5 Å². The fourth-order valence-corrected chi connectivity index (χ4v) is 3.89. The maximum absolute atomic E-state index is 12.6. The van der Waals surface area contributed by atoms with E-state index in [1.807, 2.05) is 0 Å². The Kier molecular flexibility index (Phi) is 7.53. The summed E-state index contributed by atoms with van der Waals surface area (Å²) in [7, 11) is 1.40. The van der Waals surface area contributed by atoms with Crippen LogP contribution in [0, 0.1) is 0 Å². The second-order valence-corrected chi connectivity index (χ2v) is 7.79. The van der Waals surface area contributed by atoms with Gasteiger partial charge < -0.3 is 24.6 Å². The van der Waals surface area contributed by atoms with Gasteiger partial charge in [0.05, 0.1) is 18.1 Å². The second-order valence-electron chi connectivity index (χ2n) is 6.80. The van der Waals surface area contributed by atoms with Crippen LogP contribution >= 0.6 is 11.8 Å². The maximum Gasteiger partial charge on any atom is 0.341 e. The third kappa shape index (κ3) is 5.98. The minimum absolute atomic E-state index is 0.0313. The molecule has 31 heavy (non-hydrogen) atoms. The van der Waals surface area contributed by atoms with E-state index in [4.69, 9.17) is 19.3 Å². The quantitative estimate of drug-likeness (QED) is 0.537. The highest BCUT2D eigenvalue weighted by atomic mass is 32.2. The normalized spacial score (nSPS) is 19.7. The van der Waals surface area contributed by atoms with Gasteiger partial charge in [0.25, 0.3) is 11.1 Å². The molecule has 3 rings (SSSR count). The van der Waals surface area contributed by atoms with Gasteiger partial charge in [0, 0.05) is 13.2 Å². The molecule has 0 aromatic heterocycles. The minimum atomic E-state index is -1.13. The van der Waals surface area contributed by atoms with Crippen LogP contribution < -0.4 is 14.8 Å². The summed E-state index contributed by atoms with van der Waals surface area (Å²) >= 11 is 0.738. The molecule has 0 spiro atoms. The summed E-state index contributed by atoms with van der Waals surface area (Å²) in [6.45, 7) is 0.135. The fourth-order valence-electron chi connectivity index (χ4n) is 3.05. The lowest BCUT2D eigenvalue weighted by molar-refractivity contribution is -0.139. The number of aliphatic carboxylic acids is 1. The third-order valence-electron chi connectivity index (χ3n) is 4.56. The van der Waals surface area contributed by atoms with Crippen molar-refractivity contribution in [1.82, 2.24) is 10.2 Å². The predicted molar refractivity (Wildman–Crippen MR) is 111 cm³/mol. The highest BCUT2D eigenvalue weighted by molar-refractivity contribution is 8.18. The zero-order valence-corrected chi connectivity index (χ0v) is 17.6. The van der Waals surface area contributed by atoms with Crippen molar-refractivity contribution in [2.45, 2.75) is 18.9 Å². The van der Waals surface area contributed by atoms with E-state index in [1.54, 1.807) is 12.1 Å². The van der Waals surface area contributed by atoms with Gasteiger partial charge in [-0.15, -0.1) is 0 Å². The van der Waals surface area contributed by atoms with Crippen LogP contribution in [0.5, 0.6) is 11.5 Å². The van der Waals surface area contributed by atoms with Crippen LogP contribution in [0.25, 0.3) is 6.08 Å². The molecule has 0 bridgehead atoms. The predicted octanol–water partition coefficient (Wildman–Crippen LogP) is 1.49. The van der Waals surface area contributed by atoms with Crippen LogP contribution in [-0.4, -0.2) is 72.5 Å². The first-order valence-corrected chi connectivity index (χ1v) is 10.4. The molecule has 1 aromatic rings. The van der Waals surface area contributed by atoms with Gasteiger partial charge in [0.2, 0.25) is 5.91 Å². The van der Waals surface area contributed by atoms with Gasteiger partial charge in [0.15, 0.2) is 18.1 Å². The van der Waals surface area contributed by atoms with Crippen molar-refractivity contribution in [3.8, 4) is 11.5 Å². The number of imide groups is 1. The molecular formula is C20H22N2O8S. The van der Waals surface area contributed by atoms with Crippen molar-refractivity contribution in [3.63, 3.8) is 0 Å². The molecule has 2 N–H and O–H groups in total. The Bertz CT molecular complexity index is 910. The molecule has 2 aliphatic rings. The van der Waals surface area contributed by atoms with E-state index in [1.165, 1.54) is 19.3 Å². The van der Waals surface area contributed by atoms with Crippen molar-refractivity contribution in [3.05, 3.63) is 28.7 Å². The fraction of sp³-hybridized carbons (Fsp3) is 0.400. The largest absolute Gasteiger partial charge is 0.493 e. The number of hydrogen-bond donors (Lipinski definition) is 2. The molecule has 2 heterocycles. The Morgan fingerprint density at radius 1 is 1.35 bits per heavy atom. The summed E-state index contributed by atoms with van der Waals surface area (Å²) in [5.74, 6) is -1.60. The summed E-state index contributed by atoms with van der Waals surface area (Å²) in [5, 5.41) is 10.9. The number of ether oxygens (including phenoxy) is 3. The van der Waals surface area contributed by atoms with E-state index in [-0.39, 0.29) is 29.1 Å². The summed E-state index contributed by atoms with van der Waals surface area (Å²) in [6, 6.07) is 4.66. The SMILES string of the molecule is COc1cc(/C=C2\SC(=O)N(CC(=O)NC[C@H]3CCCO3)C2=O)ccc1OCC(=O)O. The zero-order chi connectivity index (χ0) is 22.4. The first-order chi connectivity index (χ1) is 14.9. The van der Waals surface area contributed by atoms with E-state index in [9.17, 15) is 19.2 Å². The topological polar surface area (TPSA) is 131 Å². The lowest BCUT2D eigenvalue weighted by atomic mass is 10.2. The van der Waals surface area contributed by atoms with Crippen LogP contribution in [0.4, 0.5) is 4.79 Å². The molecule has 166 valence electrons. The summed E-state index contributed by atoms with van der Waals surface area (Å²) in [4.78, 5) is 48.7. The Morgan fingerprint density at radius 3 is 2.84 bits per heavy atom. The number of methoxy groups -OCH3 is 1. The van der Waals surface area contributed by atoms with Gasteiger partial charge in [0.1, 0.15) is 6.54 Å². The van der Waals surface area contributed by atoms with E-state index in [2.05, 4.69) is 5.32 Å². The standard InChI is InChI=1S/C20H22N2O8S/c1-28-15-7-12(4-5-14(15)30-11-18(24)25)8-16-19(26)22(20(27)31-16)10-17(23)21-9-13-3-2-6-29-13/h4-5,7-8,13H,2-3,6,9-11H2,1H3,(H,21,23)(H,24,25)/b16-8-/t13-/m1/s1. The smallest absolute Gasteiger partial charge is 0.341 e. The zero-order valence-electron chi connectivity index (χ0n) is 16.8. The number of carbonyl (C=O) groups is 4. The number of carbonyl (C=O) groups excluding carboxylic acids is 3. The van der Waals surface area contributed by atoms with E-state index >= 15 is 0 Å². The molecule has 1 atom stereocenters. The van der Waals surface area contributed by atoms with Crippen LogP contribution in [0.15, 0.2) is 23.1 Å².